The van der Waals surface area contributed by atoms with Crippen molar-refractivity contribution in [2.24, 2.45) is 5.92 Å². The third kappa shape index (κ3) is 5.91. The summed E-state index contributed by atoms with van der Waals surface area (Å²) in [5, 5.41) is 14.4. The van der Waals surface area contributed by atoms with E-state index in [9.17, 15) is 4.79 Å². The second-order valence-electron chi connectivity index (χ2n) is 9.12. The number of anilines is 1. The van der Waals surface area contributed by atoms with Crippen molar-refractivity contribution in [2.75, 3.05) is 26.1 Å². The highest BCUT2D eigenvalue weighted by atomic mass is 16.5. The SMILES string of the molecule is COc1ccc(Cn2cc(CNc3cc(OC[C@H]4C[C@@H]4c4ccc(OC)cn4)n[nH]c3=O)c(C)n2)cc1. The number of benzene rings is 1. The first-order chi connectivity index (χ1) is 18.0. The Morgan fingerprint density at radius 3 is 2.62 bits per heavy atom. The van der Waals surface area contributed by atoms with Gasteiger partial charge in [-0.3, -0.25) is 14.5 Å². The van der Waals surface area contributed by atoms with Crippen LogP contribution in [0.25, 0.3) is 0 Å². The van der Waals surface area contributed by atoms with Gasteiger partial charge in [-0.1, -0.05) is 12.1 Å². The highest BCUT2D eigenvalue weighted by molar-refractivity contribution is 5.44. The first-order valence-corrected chi connectivity index (χ1v) is 12.1. The molecular formula is C27H30N6O4. The number of rotatable bonds is 11. The number of nitrogens with zero attached hydrogens (tertiary/aromatic N) is 4. The molecule has 3 heterocycles. The Balaban J connectivity index is 1.15. The van der Waals surface area contributed by atoms with Gasteiger partial charge in [0, 0.05) is 41.9 Å². The summed E-state index contributed by atoms with van der Waals surface area (Å²) in [6.45, 7) is 3.56. The summed E-state index contributed by atoms with van der Waals surface area (Å²) in [6.07, 6.45) is 4.73. The molecule has 1 fully saturated rings. The van der Waals surface area contributed by atoms with Crippen molar-refractivity contribution in [2.45, 2.75) is 32.4 Å². The molecule has 5 rings (SSSR count). The van der Waals surface area contributed by atoms with Crippen molar-refractivity contribution in [1.82, 2.24) is 25.0 Å². The highest BCUT2D eigenvalue weighted by Gasteiger charge is 2.40. The summed E-state index contributed by atoms with van der Waals surface area (Å²) >= 11 is 0. The Labute approximate surface area is 214 Å². The van der Waals surface area contributed by atoms with E-state index in [1.165, 1.54) is 0 Å². The zero-order valence-corrected chi connectivity index (χ0v) is 21.1. The quantitative estimate of drug-likeness (QED) is 0.320. The zero-order valence-electron chi connectivity index (χ0n) is 21.1. The fraction of sp³-hybridized carbons (Fsp3) is 0.333. The Kier molecular flexibility index (Phi) is 7.07. The summed E-state index contributed by atoms with van der Waals surface area (Å²) < 4.78 is 18.2. The fourth-order valence-corrected chi connectivity index (χ4v) is 4.23. The molecule has 10 nitrogen and oxygen atoms in total. The van der Waals surface area contributed by atoms with Crippen LogP contribution in [-0.4, -0.2) is 45.8 Å². The molecule has 0 bridgehead atoms. The van der Waals surface area contributed by atoms with Crippen LogP contribution in [0.15, 0.2) is 59.7 Å². The normalized spacial score (nSPS) is 16.3. The molecule has 2 N–H and O–H groups in total. The number of ether oxygens (including phenoxy) is 3. The molecular weight excluding hydrogens is 472 g/mol. The number of aromatic nitrogens is 5. The van der Waals surface area contributed by atoms with Gasteiger partial charge in [0.25, 0.3) is 5.56 Å². The van der Waals surface area contributed by atoms with Gasteiger partial charge in [-0.2, -0.15) is 5.10 Å². The van der Waals surface area contributed by atoms with Gasteiger partial charge in [0.05, 0.1) is 39.3 Å². The van der Waals surface area contributed by atoms with Gasteiger partial charge in [-0.05, 0) is 43.2 Å². The van der Waals surface area contributed by atoms with Crippen molar-refractivity contribution >= 4 is 5.69 Å². The number of aryl methyl sites for hydroxylation is 1. The Morgan fingerprint density at radius 1 is 1.11 bits per heavy atom. The largest absolute Gasteiger partial charge is 0.497 e. The topological polar surface area (TPSA) is 116 Å². The second-order valence-corrected chi connectivity index (χ2v) is 9.12. The molecule has 0 unspecified atom stereocenters. The van der Waals surface area contributed by atoms with Gasteiger partial charge >= 0.3 is 0 Å². The van der Waals surface area contributed by atoms with Crippen LogP contribution in [0, 0.1) is 12.8 Å². The lowest BCUT2D eigenvalue weighted by Crippen LogP contribution is -2.16. The summed E-state index contributed by atoms with van der Waals surface area (Å²) in [5.74, 6) is 2.67. The van der Waals surface area contributed by atoms with Crippen LogP contribution in [0.5, 0.6) is 17.4 Å². The van der Waals surface area contributed by atoms with Gasteiger partial charge in [-0.15, -0.1) is 5.10 Å². The number of H-pyrrole nitrogens is 1. The monoisotopic (exact) mass is 502 g/mol. The third-order valence-electron chi connectivity index (χ3n) is 6.54. The van der Waals surface area contributed by atoms with E-state index in [4.69, 9.17) is 14.2 Å². The third-order valence-corrected chi connectivity index (χ3v) is 6.54. The maximum Gasteiger partial charge on any atom is 0.287 e. The molecule has 1 aromatic carbocycles. The molecule has 1 saturated carbocycles. The van der Waals surface area contributed by atoms with Crippen molar-refractivity contribution in [3.63, 3.8) is 0 Å². The average molecular weight is 503 g/mol. The first kappa shape index (κ1) is 24.4. The number of hydrogen-bond donors (Lipinski definition) is 2. The number of methoxy groups -OCH3 is 2. The number of pyridine rings is 1. The molecule has 2 atom stereocenters. The van der Waals surface area contributed by atoms with Gasteiger partial charge in [0.15, 0.2) is 0 Å². The van der Waals surface area contributed by atoms with E-state index in [2.05, 4.69) is 25.6 Å². The Morgan fingerprint density at radius 2 is 1.89 bits per heavy atom. The van der Waals surface area contributed by atoms with Gasteiger partial charge in [0.1, 0.15) is 17.2 Å². The van der Waals surface area contributed by atoms with Crippen LogP contribution >= 0.6 is 0 Å². The molecule has 0 radical (unpaired) electrons. The molecule has 3 aromatic heterocycles. The minimum atomic E-state index is -0.303. The summed E-state index contributed by atoms with van der Waals surface area (Å²) in [5.41, 5.74) is 4.15. The number of hydrogen-bond acceptors (Lipinski definition) is 8. The molecule has 4 aromatic rings. The van der Waals surface area contributed by atoms with E-state index in [0.717, 1.165) is 40.4 Å². The lowest BCUT2D eigenvalue weighted by molar-refractivity contribution is 0.282. The molecule has 1 aliphatic rings. The number of nitrogens with one attached hydrogen (secondary N) is 2. The van der Waals surface area contributed by atoms with Crippen LogP contribution < -0.4 is 25.1 Å². The molecule has 0 aliphatic heterocycles. The van der Waals surface area contributed by atoms with Crippen LogP contribution in [0.4, 0.5) is 5.69 Å². The van der Waals surface area contributed by atoms with Crippen molar-refractivity contribution in [1.29, 1.82) is 0 Å². The minimum absolute atomic E-state index is 0.303. The maximum absolute atomic E-state index is 12.3. The minimum Gasteiger partial charge on any atom is -0.497 e. The van der Waals surface area contributed by atoms with E-state index in [1.54, 1.807) is 26.5 Å². The van der Waals surface area contributed by atoms with Crippen LogP contribution in [-0.2, 0) is 13.1 Å². The lowest BCUT2D eigenvalue weighted by Gasteiger charge is -2.08. The molecule has 37 heavy (non-hydrogen) atoms. The van der Waals surface area contributed by atoms with Crippen LogP contribution in [0.1, 0.15) is 34.9 Å². The summed E-state index contributed by atoms with van der Waals surface area (Å²) in [6, 6.07) is 13.5. The van der Waals surface area contributed by atoms with E-state index in [0.29, 0.717) is 43.1 Å². The van der Waals surface area contributed by atoms with E-state index < -0.39 is 0 Å². The van der Waals surface area contributed by atoms with Crippen LogP contribution in [0.3, 0.4) is 0 Å². The van der Waals surface area contributed by atoms with E-state index in [1.807, 2.05) is 54.2 Å². The lowest BCUT2D eigenvalue weighted by atomic mass is 10.2. The summed E-state index contributed by atoms with van der Waals surface area (Å²) in [4.78, 5) is 16.8. The predicted molar refractivity (Wildman–Crippen MR) is 138 cm³/mol. The van der Waals surface area contributed by atoms with Gasteiger partial charge in [-0.25, -0.2) is 5.10 Å². The Bertz CT molecular complexity index is 1400. The van der Waals surface area contributed by atoms with Crippen molar-refractivity contribution in [3.8, 4) is 17.4 Å². The molecule has 0 spiro atoms. The van der Waals surface area contributed by atoms with Crippen molar-refractivity contribution < 1.29 is 14.2 Å². The smallest absolute Gasteiger partial charge is 0.287 e. The number of aromatic amines is 1. The predicted octanol–water partition coefficient (Wildman–Crippen LogP) is 3.53. The molecule has 1 aliphatic carbocycles. The molecule has 0 saturated heterocycles. The van der Waals surface area contributed by atoms with Crippen LogP contribution in [0.2, 0.25) is 0 Å². The zero-order chi connectivity index (χ0) is 25.8. The first-order valence-electron chi connectivity index (χ1n) is 12.1. The maximum atomic E-state index is 12.3. The Hall–Kier alpha value is -4.34. The molecule has 10 heteroatoms. The van der Waals surface area contributed by atoms with Gasteiger partial charge in [0.2, 0.25) is 5.88 Å². The standard InChI is InChI=1S/C27H30N6O4/c1-17-20(15-33(32-17)14-18-4-6-21(35-2)7-5-18)12-28-25-11-26(30-31-27(25)34)37-16-19-10-23(19)24-9-8-22(36-3)13-29-24/h4-9,11,13,15,19,23H,10,12,14,16H2,1-3H3,(H,28,30)(H,31,34)/t19-,23+/m1/s1. The average Bonchev–Trinajstić information content (AvgIpc) is 3.62. The van der Waals surface area contributed by atoms with Crippen molar-refractivity contribution in [3.05, 3.63) is 87.7 Å². The van der Waals surface area contributed by atoms with E-state index >= 15 is 0 Å². The fourth-order valence-electron chi connectivity index (χ4n) is 4.23. The molecule has 0 amide bonds. The second kappa shape index (κ2) is 10.7. The summed E-state index contributed by atoms with van der Waals surface area (Å²) in [7, 11) is 3.28. The highest BCUT2D eigenvalue weighted by Crippen LogP contribution is 2.46. The van der Waals surface area contributed by atoms with E-state index in [-0.39, 0.29) is 5.56 Å². The van der Waals surface area contributed by atoms with Gasteiger partial charge < -0.3 is 19.5 Å². The molecule has 192 valence electrons.